The molecule has 6 rings (SSSR count). The number of benzene rings is 2. The number of hydrogen-bond acceptors (Lipinski definition) is 11. The van der Waals surface area contributed by atoms with Crippen molar-refractivity contribution >= 4 is 33.9 Å². The first-order chi connectivity index (χ1) is 17.2. The average molecular weight is 475 g/mol. The van der Waals surface area contributed by atoms with Crippen LogP contribution in [0.1, 0.15) is 5.56 Å². The molecule has 2 aromatic carbocycles. The average Bonchev–Trinajstić information content (AvgIpc) is 3.54. The summed E-state index contributed by atoms with van der Waals surface area (Å²) in [5, 5.41) is 22.8. The Kier molecular flexibility index (Phi) is 5.26. The van der Waals surface area contributed by atoms with E-state index in [-0.39, 0.29) is 23.7 Å². The Labute approximate surface area is 199 Å². The van der Waals surface area contributed by atoms with E-state index in [1.165, 1.54) is 0 Å². The molecule has 2 aliphatic heterocycles. The number of ether oxygens (including phenoxy) is 2. The van der Waals surface area contributed by atoms with Crippen molar-refractivity contribution < 1.29 is 19.0 Å². The molecule has 2 aromatic heterocycles. The number of nitrogens with zero attached hydrogens (tertiary/aromatic N) is 6. The van der Waals surface area contributed by atoms with Gasteiger partial charge in [0.1, 0.15) is 11.5 Å². The lowest BCUT2D eigenvalue weighted by Gasteiger charge is -2.36. The molecule has 0 amide bonds. The van der Waals surface area contributed by atoms with Gasteiger partial charge in [-0.25, -0.2) is 9.61 Å². The van der Waals surface area contributed by atoms with Crippen molar-refractivity contribution in [3.05, 3.63) is 64.3 Å². The molecular weight excluding hydrogens is 454 g/mol. The van der Waals surface area contributed by atoms with E-state index in [2.05, 4.69) is 36.5 Å². The summed E-state index contributed by atoms with van der Waals surface area (Å²) in [5.74, 6) is 2.05. The third kappa shape index (κ3) is 4.04. The number of anilines is 3. The first-order valence-electron chi connectivity index (χ1n) is 11.1. The van der Waals surface area contributed by atoms with Gasteiger partial charge in [0.2, 0.25) is 12.3 Å². The fraction of sp³-hybridized carbons (Fsp3) is 0.261. The highest BCUT2D eigenvalue weighted by atomic mass is 16.7. The van der Waals surface area contributed by atoms with Gasteiger partial charge >= 0.3 is 5.69 Å². The molecule has 2 aliphatic rings. The van der Waals surface area contributed by atoms with Crippen LogP contribution >= 0.6 is 0 Å². The predicted octanol–water partition coefficient (Wildman–Crippen LogP) is 3.32. The van der Waals surface area contributed by atoms with Crippen molar-refractivity contribution in [3.8, 4) is 11.5 Å². The number of aromatic nitrogens is 3. The summed E-state index contributed by atoms with van der Waals surface area (Å²) in [6.45, 7) is 4.09. The molecule has 0 aliphatic carbocycles. The molecule has 0 radical (unpaired) electrons. The van der Waals surface area contributed by atoms with Gasteiger partial charge in [0.05, 0.1) is 10.6 Å². The topological polar surface area (TPSA) is 132 Å². The van der Waals surface area contributed by atoms with Crippen LogP contribution in [0.4, 0.5) is 22.9 Å². The number of fused-ring (bicyclic) bond motifs is 2. The van der Waals surface area contributed by atoms with Gasteiger partial charge in [0, 0.05) is 38.9 Å². The van der Waals surface area contributed by atoms with Crippen molar-refractivity contribution in [1.29, 1.82) is 0 Å². The van der Waals surface area contributed by atoms with Crippen LogP contribution in [0.15, 0.2) is 53.3 Å². The van der Waals surface area contributed by atoms with Crippen LogP contribution in [-0.4, -0.2) is 58.1 Å². The van der Waals surface area contributed by atoms with Gasteiger partial charge < -0.3 is 19.7 Å². The molecule has 0 bridgehead atoms. The largest absolute Gasteiger partial charge is 0.454 e. The van der Waals surface area contributed by atoms with Crippen molar-refractivity contribution in [3.63, 3.8) is 0 Å². The van der Waals surface area contributed by atoms with Crippen LogP contribution in [0.2, 0.25) is 0 Å². The highest BCUT2D eigenvalue weighted by Gasteiger charge is 2.29. The molecule has 1 N–H and O–H groups in total. The first kappa shape index (κ1) is 21.1. The van der Waals surface area contributed by atoms with Crippen molar-refractivity contribution in [2.45, 2.75) is 6.54 Å². The highest BCUT2D eigenvalue weighted by Crippen LogP contribution is 2.40. The Bertz CT molecular complexity index is 1390. The minimum absolute atomic E-state index is 0.105. The molecule has 12 nitrogen and oxygen atoms in total. The van der Waals surface area contributed by atoms with Gasteiger partial charge in [-0.3, -0.25) is 15.0 Å². The van der Waals surface area contributed by atoms with E-state index in [9.17, 15) is 10.1 Å². The van der Waals surface area contributed by atoms with E-state index in [0.717, 1.165) is 42.4 Å². The summed E-state index contributed by atoms with van der Waals surface area (Å²) in [6.07, 6.45) is 1.62. The minimum atomic E-state index is -0.481. The standard InChI is InChI=1S/C23H21N7O5/c31-30(32)23-16(25-20-3-1-2-6-24-20)12-17(21-22(23)27-35-26-21)29-9-7-28(8-10-29)13-15-4-5-18-19(11-15)34-14-33-18/h1-6,11-12H,7-10,13-14H2,(H,24,25). The molecule has 35 heavy (non-hydrogen) atoms. The second-order valence-electron chi connectivity index (χ2n) is 8.30. The maximum absolute atomic E-state index is 11.9. The Morgan fingerprint density at radius 1 is 1.00 bits per heavy atom. The quantitative estimate of drug-likeness (QED) is 0.325. The molecule has 1 fully saturated rings. The summed E-state index contributed by atoms with van der Waals surface area (Å²) in [5.41, 5.74) is 2.45. The van der Waals surface area contributed by atoms with Crippen molar-refractivity contribution in [1.82, 2.24) is 20.2 Å². The zero-order valence-electron chi connectivity index (χ0n) is 18.6. The zero-order chi connectivity index (χ0) is 23.8. The van der Waals surface area contributed by atoms with E-state index in [1.54, 1.807) is 30.5 Å². The highest BCUT2D eigenvalue weighted by molar-refractivity contribution is 6.00. The number of pyridine rings is 1. The fourth-order valence-corrected chi connectivity index (χ4v) is 4.45. The second-order valence-corrected chi connectivity index (χ2v) is 8.30. The summed E-state index contributed by atoms with van der Waals surface area (Å²) in [4.78, 5) is 20.1. The van der Waals surface area contributed by atoms with Crippen LogP contribution in [0.3, 0.4) is 0 Å². The van der Waals surface area contributed by atoms with E-state index in [0.29, 0.717) is 24.4 Å². The maximum Gasteiger partial charge on any atom is 0.324 e. The maximum atomic E-state index is 11.9. The predicted molar refractivity (Wildman–Crippen MR) is 126 cm³/mol. The Morgan fingerprint density at radius 3 is 2.63 bits per heavy atom. The Hall–Kier alpha value is -4.45. The zero-order valence-corrected chi connectivity index (χ0v) is 18.6. The van der Waals surface area contributed by atoms with E-state index < -0.39 is 4.92 Å². The Balaban J connectivity index is 1.24. The molecule has 0 atom stereocenters. The summed E-state index contributed by atoms with van der Waals surface area (Å²) >= 11 is 0. The van der Waals surface area contributed by atoms with Crippen LogP contribution in [-0.2, 0) is 6.54 Å². The third-order valence-electron chi connectivity index (χ3n) is 6.16. The summed E-state index contributed by atoms with van der Waals surface area (Å²) < 4.78 is 15.8. The molecule has 4 heterocycles. The van der Waals surface area contributed by atoms with E-state index in [1.807, 2.05) is 12.1 Å². The summed E-state index contributed by atoms with van der Waals surface area (Å²) in [7, 11) is 0. The van der Waals surface area contributed by atoms with Crippen molar-refractivity contribution in [2.24, 2.45) is 0 Å². The normalized spacial score (nSPS) is 15.5. The number of rotatable bonds is 6. The lowest BCUT2D eigenvalue weighted by molar-refractivity contribution is -0.382. The van der Waals surface area contributed by atoms with Crippen LogP contribution in [0.25, 0.3) is 11.0 Å². The monoisotopic (exact) mass is 475 g/mol. The van der Waals surface area contributed by atoms with E-state index >= 15 is 0 Å². The molecule has 4 aromatic rings. The lowest BCUT2D eigenvalue weighted by Crippen LogP contribution is -2.46. The van der Waals surface area contributed by atoms with Gasteiger partial charge in [-0.15, -0.1) is 0 Å². The number of hydrogen-bond donors (Lipinski definition) is 1. The minimum Gasteiger partial charge on any atom is -0.454 e. The molecule has 178 valence electrons. The molecular formula is C23H21N7O5. The fourth-order valence-electron chi connectivity index (χ4n) is 4.45. The lowest BCUT2D eigenvalue weighted by atomic mass is 10.1. The molecule has 0 saturated carbocycles. The Morgan fingerprint density at radius 2 is 1.83 bits per heavy atom. The van der Waals surface area contributed by atoms with Gasteiger partial charge in [0.25, 0.3) is 0 Å². The molecule has 12 heteroatoms. The molecule has 0 unspecified atom stereocenters. The number of nitrogens with one attached hydrogen (secondary N) is 1. The van der Waals surface area contributed by atoms with Gasteiger partial charge in [0.15, 0.2) is 17.0 Å². The van der Waals surface area contributed by atoms with Gasteiger partial charge in [-0.2, -0.15) is 0 Å². The van der Waals surface area contributed by atoms with Crippen molar-refractivity contribution in [2.75, 3.05) is 43.2 Å². The first-order valence-corrected chi connectivity index (χ1v) is 11.1. The molecule has 0 spiro atoms. The third-order valence-corrected chi connectivity index (χ3v) is 6.16. The smallest absolute Gasteiger partial charge is 0.324 e. The van der Waals surface area contributed by atoms with Crippen LogP contribution < -0.4 is 19.7 Å². The number of nitro groups is 1. The van der Waals surface area contributed by atoms with Gasteiger partial charge in [-0.1, -0.05) is 12.1 Å². The summed E-state index contributed by atoms with van der Waals surface area (Å²) in [6, 6.07) is 13.1. The van der Waals surface area contributed by atoms with E-state index in [4.69, 9.17) is 14.1 Å². The second kappa shape index (κ2) is 8.72. The van der Waals surface area contributed by atoms with Gasteiger partial charge in [-0.05, 0) is 46.2 Å². The molecule has 1 saturated heterocycles. The van der Waals surface area contributed by atoms with Crippen LogP contribution in [0, 0.1) is 10.1 Å². The van der Waals surface area contributed by atoms with Crippen LogP contribution in [0.5, 0.6) is 11.5 Å². The number of piperazine rings is 1. The SMILES string of the molecule is O=[N+]([O-])c1c(Nc2ccccn2)cc(N2CCN(Cc3ccc4c(c3)OCO4)CC2)c2nonc12. The number of nitro benzene ring substituents is 1.